The van der Waals surface area contributed by atoms with Crippen molar-refractivity contribution >= 4 is 33.2 Å². The summed E-state index contributed by atoms with van der Waals surface area (Å²) in [5, 5.41) is 2.86. The summed E-state index contributed by atoms with van der Waals surface area (Å²) < 4.78 is 23.9. The van der Waals surface area contributed by atoms with Gasteiger partial charge in [0.2, 0.25) is 5.91 Å². The number of sulfone groups is 1. The van der Waals surface area contributed by atoms with Crippen LogP contribution in [0.25, 0.3) is 0 Å². The van der Waals surface area contributed by atoms with E-state index in [0.29, 0.717) is 23.4 Å². The predicted octanol–water partition coefficient (Wildman–Crippen LogP) is 4.83. The van der Waals surface area contributed by atoms with Crippen LogP contribution in [0.5, 0.6) is 0 Å². The molecule has 0 unspecified atom stereocenters. The Morgan fingerprint density at radius 3 is 2.37 bits per heavy atom. The molecular formula is C21H27NO3S2. The summed E-state index contributed by atoms with van der Waals surface area (Å²) in [6.07, 6.45) is 0.392. The number of carbonyl (C=O) groups is 1. The van der Waals surface area contributed by atoms with E-state index < -0.39 is 14.6 Å². The highest BCUT2D eigenvalue weighted by Gasteiger charge is 2.28. The number of anilines is 1. The molecule has 0 saturated carbocycles. The highest BCUT2D eigenvalue weighted by molar-refractivity contribution is 7.99. The van der Waals surface area contributed by atoms with Crippen molar-refractivity contribution in [2.45, 2.75) is 49.5 Å². The van der Waals surface area contributed by atoms with E-state index >= 15 is 0 Å². The van der Waals surface area contributed by atoms with Gasteiger partial charge < -0.3 is 5.32 Å². The van der Waals surface area contributed by atoms with Gasteiger partial charge in [-0.2, -0.15) is 0 Å². The molecule has 0 heterocycles. The highest BCUT2D eigenvalue weighted by atomic mass is 32.2. The first kappa shape index (κ1) is 21.5. The van der Waals surface area contributed by atoms with E-state index in [1.165, 1.54) is 5.56 Å². The van der Waals surface area contributed by atoms with Crippen LogP contribution in [0.4, 0.5) is 5.69 Å². The fraction of sp³-hybridized carbons (Fsp3) is 0.381. The van der Waals surface area contributed by atoms with Gasteiger partial charge in [-0.3, -0.25) is 4.79 Å². The minimum absolute atomic E-state index is 0.0382. The van der Waals surface area contributed by atoms with Crippen molar-refractivity contribution in [3.8, 4) is 0 Å². The number of thioether (sulfide) groups is 1. The lowest BCUT2D eigenvalue weighted by Crippen LogP contribution is -2.29. The average molecular weight is 406 g/mol. The van der Waals surface area contributed by atoms with Crippen LogP contribution in [0, 0.1) is 6.92 Å². The molecule has 6 heteroatoms. The molecule has 0 spiro atoms. The van der Waals surface area contributed by atoms with Crippen LogP contribution in [-0.2, 0) is 20.4 Å². The zero-order chi connectivity index (χ0) is 20.1. The first-order chi connectivity index (χ1) is 12.6. The molecule has 2 rings (SSSR count). The molecule has 0 atom stereocenters. The Morgan fingerprint density at radius 2 is 1.74 bits per heavy atom. The molecular weight excluding hydrogens is 378 g/mol. The van der Waals surface area contributed by atoms with Gasteiger partial charge in [0.25, 0.3) is 0 Å². The van der Waals surface area contributed by atoms with Crippen molar-refractivity contribution < 1.29 is 13.2 Å². The number of rotatable bonds is 7. The van der Waals surface area contributed by atoms with Crippen LogP contribution in [0.3, 0.4) is 0 Å². The molecule has 2 aromatic carbocycles. The normalized spacial score (nSPS) is 12.0. The summed E-state index contributed by atoms with van der Waals surface area (Å²) in [6, 6.07) is 15.3. The second-order valence-electron chi connectivity index (χ2n) is 7.53. The maximum absolute atomic E-state index is 12.4. The lowest BCUT2D eigenvalue weighted by Gasteiger charge is -2.19. The third-order valence-electron chi connectivity index (χ3n) is 4.12. The number of benzene rings is 2. The Balaban J connectivity index is 1.89. The van der Waals surface area contributed by atoms with Gasteiger partial charge in [-0.05, 0) is 57.5 Å². The van der Waals surface area contributed by atoms with Gasteiger partial charge in [-0.1, -0.05) is 29.8 Å². The molecule has 0 aliphatic heterocycles. The monoisotopic (exact) mass is 405 g/mol. The maximum atomic E-state index is 12.4. The van der Waals surface area contributed by atoms with Gasteiger partial charge in [-0.15, -0.1) is 11.8 Å². The standard InChI is InChI=1S/C21H27NO3S2/c1-16-8-10-19(11-9-16)26-13-12-20(23)22-18-7-5-6-17(14-18)15-27(24,25)21(2,3)4/h5-11,14H,12-13,15H2,1-4H3,(H,22,23). The minimum Gasteiger partial charge on any atom is -0.326 e. The third kappa shape index (κ3) is 6.70. The Hall–Kier alpha value is -1.79. The number of amides is 1. The van der Waals surface area contributed by atoms with Crippen molar-refractivity contribution in [1.82, 2.24) is 0 Å². The molecule has 4 nitrogen and oxygen atoms in total. The van der Waals surface area contributed by atoms with E-state index in [-0.39, 0.29) is 11.7 Å². The van der Waals surface area contributed by atoms with E-state index in [2.05, 4.69) is 29.6 Å². The number of hydrogen-bond donors (Lipinski definition) is 1. The first-order valence-electron chi connectivity index (χ1n) is 8.87. The van der Waals surface area contributed by atoms with E-state index in [0.717, 1.165) is 4.90 Å². The van der Waals surface area contributed by atoms with Crippen molar-refractivity contribution in [2.75, 3.05) is 11.1 Å². The molecule has 27 heavy (non-hydrogen) atoms. The highest BCUT2D eigenvalue weighted by Crippen LogP contribution is 2.23. The van der Waals surface area contributed by atoms with E-state index in [4.69, 9.17) is 0 Å². The lowest BCUT2D eigenvalue weighted by atomic mass is 10.2. The molecule has 0 saturated heterocycles. The van der Waals surface area contributed by atoms with Crippen LogP contribution in [0.1, 0.15) is 38.3 Å². The third-order valence-corrected chi connectivity index (χ3v) is 7.71. The van der Waals surface area contributed by atoms with Crippen molar-refractivity contribution in [1.29, 1.82) is 0 Å². The second kappa shape index (κ2) is 8.93. The largest absolute Gasteiger partial charge is 0.326 e. The lowest BCUT2D eigenvalue weighted by molar-refractivity contribution is -0.115. The summed E-state index contributed by atoms with van der Waals surface area (Å²) in [6.45, 7) is 7.13. The first-order valence-corrected chi connectivity index (χ1v) is 11.5. The number of carbonyl (C=O) groups excluding carboxylic acids is 1. The minimum atomic E-state index is -3.26. The van der Waals surface area contributed by atoms with E-state index in [1.54, 1.807) is 56.8 Å². The molecule has 1 amide bonds. The summed E-state index contributed by atoms with van der Waals surface area (Å²) in [7, 11) is -3.26. The van der Waals surface area contributed by atoms with Gasteiger partial charge in [0, 0.05) is 22.8 Å². The molecule has 2 aromatic rings. The Labute approximate surface area is 166 Å². The molecule has 0 radical (unpaired) electrons. The van der Waals surface area contributed by atoms with Gasteiger partial charge in [0.1, 0.15) is 0 Å². The molecule has 0 fully saturated rings. The Kier molecular flexibility index (Phi) is 7.12. The average Bonchev–Trinajstić information content (AvgIpc) is 2.55. The maximum Gasteiger partial charge on any atom is 0.225 e. The van der Waals surface area contributed by atoms with Crippen LogP contribution in [0.2, 0.25) is 0 Å². The van der Waals surface area contributed by atoms with Crippen molar-refractivity contribution in [2.24, 2.45) is 0 Å². The number of hydrogen-bond acceptors (Lipinski definition) is 4. The van der Waals surface area contributed by atoms with E-state index in [1.807, 2.05) is 6.92 Å². The van der Waals surface area contributed by atoms with Crippen LogP contribution < -0.4 is 5.32 Å². The van der Waals surface area contributed by atoms with Crippen LogP contribution in [0.15, 0.2) is 53.4 Å². The van der Waals surface area contributed by atoms with Gasteiger partial charge in [0.05, 0.1) is 10.5 Å². The fourth-order valence-electron chi connectivity index (χ4n) is 2.29. The van der Waals surface area contributed by atoms with Gasteiger partial charge in [0.15, 0.2) is 9.84 Å². The smallest absolute Gasteiger partial charge is 0.225 e. The number of aryl methyl sites for hydroxylation is 1. The molecule has 0 aliphatic carbocycles. The van der Waals surface area contributed by atoms with Gasteiger partial charge >= 0.3 is 0 Å². The van der Waals surface area contributed by atoms with Crippen LogP contribution in [-0.4, -0.2) is 24.8 Å². The molecule has 0 bridgehead atoms. The zero-order valence-electron chi connectivity index (χ0n) is 16.3. The van der Waals surface area contributed by atoms with Gasteiger partial charge in [-0.25, -0.2) is 8.42 Å². The summed E-state index contributed by atoms with van der Waals surface area (Å²) >= 11 is 1.64. The topological polar surface area (TPSA) is 63.2 Å². The SMILES string of the molecule is Cc1ccc(SCCC(=O)Nc2cccc(CS(=O)(=O)C(C)(C)C)c2)cc1. The quantitative estimate of drug-likeness (QED) is 0.670. The van der Waals surface area contributed by atoms with E-state index in [9.17, 15) is 13.2 Å². The molecule has 0 aromatic heterocycles. The predicted molar refractivity (Wildman–Crippen MR) is 114 cm³/mol. The molecule has 1 N–H and O–H groups in total. The Bertz CT molecular complexity index is 882. The van der Waals surface area contributed by atoms with Crippen LogP contribution >= 0.6 is 11.8 Å². The van der Waals surface area contributed by atoms with Crippen molar-refractivity contribution in [3.05, 3.63) is 59.7 Å². The second-order valence-corrected chi connectivity index (χ2v) is 11.4. The molecule has 0 aliphatic rings. The van der Waals surface area contributed by atoms with Crippen molar-refractivity contribution in [3.63, 3.8) is 0 Å². The fourth-order valence-corrected chi connectivity index (χ4v) is 4.20. The summed E-state index contributed by atoms with van der Waals surface area (Å²) in [5.41, 5.74) is 2.52. The number of nitrogens with one attached hydrogen (secondary N) is 1. The Morgan fingerprint density at radius 1 is 1.07 bits per heavy atom. The zero-order valence-corrected chi connectivity index (χ0v) is 17.9. The summed E-state index contributed by atoms with van der Waals surface area (Å²) in [4.78, 5) is 13.3. The summed E-state index contributed by atoms with van der Waals surface area (Å²) in [5.74, 6) is 0.571. The molecule has 146 valence electrons.